The number of urea groups is 1. The summed E-state index contributed by atoms with van der Waals surface area (Å²) in [7, 11) is 1.45. The van der Waals surface area contributed by atoms with Crippen LogP contribution >= 0.6 is 11.6 Å². The second-order valence-corrected chi connectivity index (χ2v) is 5.43. The minimum atomic E-state index is -0.318. The SMILES string of the molecule is COCC(=O)Nc1ccc(NC(=O)NCc2ccc(Cl)cc2)cc1. The maximum absolute atomic E-state index is 11.9. The van der Waals surface area contributed by atoms with Gasteiger partial charge in [0, 0.05) is 30.1 Å². The van der Waals surface area contributed by atoms with E-state index in [9.17, 15) is 9.59 Å². The number of methoxy groups -OCH3 is 1. The molecule has 7 heteroatoms. The van der Waals surface area contributed by atoms with Gasteiger partial charge in [-0.25, -0.2) is 4.79 Å². The first kappa shape index (κ1) is 17.8. The van der Waals surface area contributed by atoms with Crippen LogP contribution in [-0.2, 0) is 16.1 Å². The van der Waals surface area contributed by atoms with E-state index in [4.69, 9.17) is 16.3 Å². The van der Waals surface area contributed by atoms with Crippen molar-refractivity contribution in [2.24, 2.45) is 0 Å². The first-order chi connectivity index (χ1) is 11.6. The molecule has 0 aliphatic heterocycles. The maximum atomic E-state index is 11.9. The summed E-state index contributed by atoms with van der Waals surface area (Å²) in [6.07, 6.45) is 0. The Morgan fingerprint density at radius 2 is 1.54 bits per heavy atom. The third-order valence-corrected chi connectivity index (χ3v) is 3.32. The van der Waals surface area contributed by atoms with Crippen molar-refractivity contribution in [1.82, 2.24) is 5.32 Å². The molecule has 0 aromatic heterocycles. The molecule has 0 spiro atoms. The van der Waals surface area contributed by atoms with Crippen LogP contribution in [0.4, 0.5) is 16.2 Å². The standard InChI is InChI=1S/C17H18ClN3O3/c1-24-11-16(22)20-14-6-8-15(9-7-14)21-17(23)19-10-12-2-4-13(18)5-3-12/h2-9H,10-11H2,1H3,(H,20,22)(H2,19,21,23). The third-order valence-electron chi connectivity index (χ3n) is 3.07. The van der Waals surface area contributed by atoms with E-state index in [1.165, 1.54) is 7.11 Å². The number of amides is 3. The van der Waals surface area contributed by atoms with Crippen molar-refractivity contribution in [1.29, 1.82) is 0 Å². The third kappa shape index (κ3) is 5.91. The number of rotatable bonds is 6. The van der Waals surface area contributed by atoms with E-state index in [1.54, 1.807) is 36.4 Å². The number of carbonyl (C=O) groups excluding carboxylic acids is 2. The summed E-state index contributed by atoms with van der Waals surface area (Å²) in [6, 6.07) is 13.7. The van der Waals surface area contributed by atoms with Gasteiger partial charge in [-0.15, -0.1) is 0 Å². The molecule has 0 fully saturated rings. The molecule has 0 radical (unpaired) electrons. The molecule has 0 unspecified atom stereocenters. The Bertz CT molecular complexity index is 687. The second-order valence-electron chi connectivity index (χ2n) is 4.99. The number of carbonyl (C=O) groups is 2. The number of ether oxygens (including phenoxy) is 1. The number of hydrogen-bond acceptors (Lipinski definition) is 3. The van der Waals surface area contributed by atoms with Gasteiger partial charge in [0.25, 0.3) is 0 Å². The monoisotopic (exact) mass is 347 g/mol. The fourth-order valence-electron chi connectivity index (χ4n) is 1.92. The molecule has 24 heavy (non-hydrogen) atoms. The van der Waals surface area contributed by atoms with E-state index in [-0.39, 0.29) is 18.5 Å². The molecule has 2 aromatic rings. The summed E-state index contributed by atoms with van der Waals surface area (Å²) >= 11 is 5.81. The molecule has 2 rings (SSSR count). The van der Waals surface area contributed by atoms with Crippen molar-refractivity contribution in [2.75, 3.05) is 24.4 Å². The van der Waals surface area contributed by atoms with E-state index < -0.39 is 0 Å². The molecule has 0 saturated heterocycles. The van der Waals surface area contributed by atoms with Crippen LogP contribution in [0.2, 0.25) is 5.02 Å². The number of halogens is 1. The van der Waals surface area contributed by atoms with E-state index >= 15 is 0 Å². The fraction of sp³-hybridized carbons (Fsp3) is 0.176. The molecule has 0 saturated carbocycles. The quantitative estimate of drug-likeness (QED) is 0.750. The van der Waals surface area contributed by atoms with Crippen LogP contribution in [0.25, 0.3) is 0 Å². The molecule has 0 aliphatic carbocycles. The summed E-state index contributed by atoms with van der Waals surface area (Å²) in [5.74, 6) is -0.237. The van der Waals surface area contributed by atoms with Crippen molar-refractivity contribution in [2.45, 2.75) is 6.54 Å². The minimum absolute atomic E-state index is 0.00684. The molecule has 3 amide bonds. The molecule has 3 N–H and O–H groups in total. The Morgan fingerprint density at radius 1 is 0.958 bits per heavy atom. The molecule has 6 nitrogen and oxygen atoms in total. The zero-order valence-corrected chi connectivity index (χ0v) is 13.9. The van der Waals surface area contributed by atoms with Gasteiger partial charge in [-0.3, -0.25) is 4.79 Å². The van der Waals surface area contributed by atoms with Crippen LogP contribution in [0.15, 0.2) is 48.5 Å². The molecule has 126 valence electrons. The normalized spacial score (nSPS) is 10.1. The molecule has 0 heterocycles. The highest BCUT2D eigenvalue weighted by Crippen LogP contribution is 2.13. The van der Waals surface area contributed by atoms with Gasteiger partial charge >= 0.3 is 6.03 Å². The van der Waals surface area contributed by atoms with Crippen LogP contribution in [0, 0.1) is 0 Å². The van der Waals surface area contributed by atoms with Gasteiger partial charge in [-0.1, -0.05) is 23.7 Å². The zero-order valence-electron chi connectivity index (χ0n) is 13.1. The topological polar surface area (TPSA) is 79.5 Å². The lowest BCUT2D eigenvalue weighted by Crippen LogP contribution is -2.28. The van der Waals surface area contributed by atoms with Crippen molar-refractivity contribution in [3.05, 3.63) is 59.1 Å². The van der Waals surface area contributed by atoms with Gasteiger partial charge in [0.15, 0.2) is 0 Å². The molecule has 0 aliphatic rings. The van der Waals surface area contributed by atoms with Crippen LogP contribution < -0.4 is 16.0 Å². The fourth-order valence-corrected chi connectivity index (χ4v) is 2.05. The van der Waals surface area contributed by atoms with E-state index in [0.717, 1.165) is 5.56 Å². The highest BCUT2D eigenvalue weighted by molar-refractivity contribution is 6.30. The van der Waals surface area contributed by atoms with Crippen molar-refractivity contribution < 1.29 is 14.3 Å². The molecule has 0 bridgehead atoms. The van der Waals surface area contributed by atoms with Gasteiger partial charge in [0.05, 0.1) is 0 Å². The predicted molar refractivity (Wildman–Crippen MR) is 94.3 cm³/mol. The predicted octanol–water partition coefficient (Wildman–Crippen LogP) is 3.25. The largest absolute Gasteiger partial charge is 0.375 e. The average Bonchev–Trinajstić information content (AvgIpc) is 2.56. The average molecular weight is 348 g/mol. The highest BCUT2D eigenvalue weighted by Gasteiger charge is 2.04. The molecular weight excluding hydrogens is 330 g/mol. The van der Waals surface area contributed by atoms with Gasteiger partial charge in [-0.05, 0) is 42.0 Å². The maximum Gasteiger partial charge on any atom is 0.319 e. The van der Waals surface area contributed by atoms with Crippen LogP contribution in [0.3, 0.4) is 0 Å². The van der Waals surface area contributed by atoms with Crippen LogP contribution in [0.5, 0.6) is 0 Å². The summed E-state index contributed by atoms with van der Waals surface area (Å²) < 4.78 is 4.74. The van der Waals surface area contributed by atoms with Crippen molar-refractivity contribution >= 4 is 34.9 Å². The number of anilines is 2. The van der Waals surface area contributed by atoms with E-state index in [0.29, 0.717) is 22.9 Å². The Hall–Kier alpha value is -2.57. The lowest BCUT2D eigenvalue weighted by Gasteiger charge is -2.09. The van der Waals surface area contributed by atoms with Gasteiger partial charge < -0.3 is 20.7 Å². The Balaban J connectivity index is 1.81. The Morgan fingerprint density at radius 3 is 2.12 bits per heavy atom. The molecule has 0 atom stereocenters. The number of benzene rings is 2. The zero-order chi connectivity index (χ0) is 17.4. The van der Waals surface area contributed by atoms with Gasteiger partial charge in [0.1, 0.15) is 6.61 Å². The van der Waals surface area contributed by atoms with Crippen LogP contribution in [0.1, 0.15) is 5.56 Å². The first-order valence-electron chi connectivity index (χ1n) is 7.25. The minimum Gasteiger partial charge on any atom is -0.375 e. The number of hydrogen-bond donors (Lipinski definition) is 3. The Labute approximate surface area is 145 Å². The molecular formula is C17H18ClN3O3. The second kappa shape index (κ2) is 8.90. The van der Waals surface area contributed by atoms with Crippen molar-refractivity contribution in [3.8, 4) is 0 Å². The summed E-state index contributed by atoms with van der Waals surface area (Å²) in [5, 5.41) is 8.79. The summed E-state index contributed by atoms with van der Waals surface area (Å²) in [6.45, 7) is 0.390. The Kier molecular flexibility index (Phi) is 6.60. The molecule has 2 aromatic carbocycles. The summed E-state index contributed by atoms with van der Waals surface area (Å²) in [4.78, 5) is 23.3. The first-order valence-corrected chi connectivity index (χ1v) is 7.63. The smallest absolute Gasteiger partial charge is 0.319 e. The van der Waals surface area contributed by atoms with Gasteiger partial charge in [-0.2, -0.15) is 0 Å². The summed E-state index contributed by atoms with van der Waals surface area (Å²) in [5.41, 5.74) is 2.20. The van der Waals surface area contributed by atoms with Crippen LogP contribution in [-0.4, -0.2) is 25.7 Å². The lowest BCUT2D eigenvalue weighted by atomic mass is 10.2. The van der Waals surface area contributed by atoms with E-state index in [2.05, 4.69) is 16.0 Å². The number of nitrogens with one attached hydrogen (secondary N) is 3. The van der Waals surface area contributed by atoms with Crippen molar-refractivity contribution in [3.63, 3.8) is 0 Å². The van der Waals surface area contributed by atoms with Gasteiger partial charge in [0.2, 0.25) is 5.91 Å². The highest BCUT2D eigenvalue weighted by atomic mass is 35.5. The lowest BCUT2D eigenvalue weighted by molar-refractivity contribution is -0.119. The van der Waals surface area contributed by atoms with E-state index in [1.807, 2.05) is 12.1 Å².